The van der Waals surface area contributed by atoms with Crippen molar-refractivity contribution in [3.8, 4) is 0 Å². The molecule has 0 amide bonds. The maximum atomic E-state index is 5.57. The van der Waals surface area contributed by atoms with Crippen LogP contribution in [-0.2, 0) is 13.0 Å². The molecule has 3 rings (SSSR count). The van der Waals surface area contributed by atoms with Crippen LogP contribution in [0.15, 0.2) is 16.5 Å². The van der Waals surface area contributed by atoms with Gasteiger partial charge in [0.2, 0.25) is 5.89 Å². The Morgan fingerprint density at radius 3 is 2.70 bits per heavy atom. The molecule has 0 radical (unpaired) electrons. The molecule has 23 heavy (non-hydrogen) atoms. The summed E-state index contributed by atoms with van der Waals surface area (Å²) in [5.74, 6) is 0.652. The Bertz CT molecular complexity index is 661. The van der Waals surface area contributed by atoms with Crippen LogP contribution >= 0.6 is 0 Å². The van der Waals surface area contributed by atoms with Crippen molar-refractivity contribution in [2.75, 3.05) is 31.5 Å². The van der Waals surface area contributed by atoms with E-state index in [4.69, 9.17) is 4.42 Å². The molecule has 2 heterocycles. The Hall–Kier alpha value is -1.92. The van der Waals surface area contributed by atoms with Gasteiger partial charge >= 0.3 is 6.01 Å². The fraction of sp³-hybridized carbons (Fsp3) is 0.529. The van der Waals surface area contributed by atoms with E-state index in [-0.39, 0.29) is 0 Å². The molecule has 6 heteroatoms. The average Bonchev–Trinajstić information content (AvgIpc) is 3.00. The van der Waals surface area contributed by atoms with Gasteiger partial charge in [0.1, 0.15) is 0 Å². The van der Waals surface area contributed by atoms with E-state index in [0.29, 0.717) is 11.9 Å². The number of nitrogens with zero attached hydrogens (tertiary/aromatic N) is 3. The molecular weight excluding hydrogens is 290 g/mol. The van der Waals surface area contributed by atoms with Crippen LogP contribution in [-0.4, -0.2) is 41.3 Å². The second-order valence-electron chi connectivity index (χ2n) is 6.10. The van der Waals surface area contributed by atoms with Gasteiger partial charge in [-0.25, -0.2) is 0 Å². The van der Waals surface area contributed by atoms with Gasteiger partial charge in [0, 0.05) is 44.8 Å². The highest BCUT2D eigenvalue weighted by Gasteiger charge is 2.14. The molecule has 6 nitrogen and oxygen atoms in total. The molecule has 2 aromatic rings. The first-order valence-corrected chi connectivity index (χ1v) is 8.28. The molecule has 0 atom stereocenters. The molecule has 1 aliphatic rings. The zero-order valence-electron chi connectivity index (χ0n) is 14.1. The quantitative estimate of drug-likeness (QED) is 0.883. The van der Waals surface area contributed by atoms with Crippen molar-refractivity contribution in [2.24, 2.45) is 0 Å². The molecule has 0 saturated carbocycles. The molecule has 0 aliphatic carbocycles. The molecule has 0 bridgehead atoms. The highest BCUT2D eigenvalue weighted by Crippen LogP contribution is 2.26. The average molecular weight is 315 g/mol. The molecular formula is C17H25N5O. The first kappa shape index (κ1) is 16.0. The second kappa shape index (κ2) is 7.10. The topological polar surface area (TPSA) is 66.2 Å². The van der Waals surface area contributed by atoms with Crippen molar-refractivity contribution in [3.63, 3.8) is 0 Å². The molecule has 124 valence electrons. The zero-order valence-corrected chi connectivity index (χ0v) is 14.1. The maximum absolute atomic E-state index is 5.57. The van der Waals surface area contributed by atoms with Gasteiger partial charge in [-0.3, -0.25) is 4.90 Å². The monoisotopic (exact) mass is 315 g/mol. The van der Waals surface area contributed by atoms with Crippen LogP contribution in [0.2, 0.25) is 0 Å². The Morgan fingerprint density at radius 2 is 2.00 bits per heavy atom. The summed E-state index contributed by atoms with van der Waals surface area (Å²) in [6, 6.07) is 4.86. The van der Waals surface area contributed by atoms with E-state index in [0.717, 1.165) is 44.8 Å². The van der Waals surface area contributed by atoms with Crippen molar-refractivity contribution < 1.29 is 4.42 Å². The van der Waals surface area contributed by atoms with Crippen LogP contribution in [0.3, 0.4) is 0 Å². The normalized spacial score (nSPS) is 15.8. The fourth-order valence-corrected chi connectivity index (χ4v) is 2.90. The standard InChI is InChI=1S/C17H25N5O/c1-4-16-20-21-17(23-16)19-15-10-12(2)9-14(13(15)3)11-22-7-5-18-6-8-22/h9-10,18H,4-8,11H2,1-3H3,(H,19,21). The summed E-state index contributed by atoms with van der Waals surface area (Å²) in [5.41, 5.74) is 4.87. The minimum absolute atomic E-state index is 0.462. The molecule has 1 aliphatic heterocycles. The van der Waals surface area contributed by atoms with Gasteiger partial charge < -0.3 is 15.1 Å². The van der Waals surface area contributed by atoms with Gasteiger partial charge in [-0.05, 0) is 36.6 Å². The largest absolute Gasteiger partial charge is 0.408 e. The lowest BCUT2D eigenvalue weighted by Gasteiger charge is -2.28. The van der Waals surface area contributed by atoms with Gasteiger partial charge in [0.05, 0.1) is 0 Å². The predicted octanol–water partition coefficient (Wildman–Crippen LogP) is 2.40. The van der Waals surface area contributed by atoms with Crippen molar-refractivity contribution >= 4 is 11.7 Å². The molecule has 1 aromatic carbocycles. The number of aryl methyl sites for hydroxylation is 2. The van der Waals surface area contributed by atoms with Crippen molar-refractivity contribution in [1.82, 2.24) is 20.4 Å². The molecule has 1 fully saturated rings. The molecule has 2 N–H and O–H groups in total. The number of anilines is 2. The fourth-order valence-electron chi connectivity index (χ4n) is 2.90. The van der Waals surface area contributed by atoms with Crippen molar-refractivity contribution in [1.29, 1.82) is 0 Å². The summed E-state index contributed by atoms with van der Waals surface area (Å²) in [6.07, 6.45) is 0.746. The number of hydrogen-bond donors (Lipinski definition) is 2. The first-order valence-electron chi connectivity index (χ1n) is 8.28. The Morgan fingerprint density at radius 1 is 1.22 bits per heavy atom. The number of nitrogens with one attached hydrogen (secondary N) is 2. The smallest absolute Gasteiger partial charge is 0.320 e. The molecule has 1 aromatic heterocycles. The lowest BCUT2D eigenvalue weighted by atomic mass is 10.0. The first-order chi connectivity index (χ1) is 11.2. The number of aromatic nitrogens is 2. The number of benzene rings is 1. The van der Waals surface area contributed by atoms with Crippen LogP contribution < -0.4 is 10.6 Å². The summed E-state index contributed by atoms with van der Waals surface area (Å²) in [7, 11) is 0. The summed E-state index contributed by atoms with van der Waals surface area (Å²) in [4.78, 5) is 2.49. The van der Waals surface area contributed by atoms with Crippen LogP contribution in [0.1, 0.15) is 29.5 Å². The van der Waals surface area contributed by atoms with Crippen molar-refractivity contribution in [3.05, 3.63) is 34.7 Å². The van der Waals surface area contributed by atoms with E-state index in [2.05, 4.69) is 51.7 Å². The minimum atomic E-state index is 0.462. The molecule has 0 spiro atoms. The maximum Gasteiger partial charge on any atom is 0.320 e. The molecule has 1 saturated heterocycles. The third kappa shape index (κ3) is 3.89. The van der Waals surface area contributed by atoms with E-state index < -0.39 is 0 Å². The summed E-state index contributed by atoms with van der Waals surface area (Å²) < 4.78 is 5.57. The van der Waals surface area contributed by atoms with E-state index >= 15 is 0 Å². The van der Waals surface area contributed by atoms with E-state index in [1.165, 1.54) is 16.7 Å². The number of rotatable bonds is 5. The SMILES string of the molecule is CCc1nnc(Nc2cc(C)cc(CN3CCNCC3)c2C)o1. The van der Waals surface area contributed by atoms with E-state index in [9.17, 15) is 0 Å². The van der Waals surface area contributed by atoms with Gasteiger partial charge in [-0.15, -0.1) is 5.10 Å². The van der Waals surface area contributed by atoms with Gasteiger partial charge in [-0.2, -0.15) is 0 Å². The predicted molar refractivity (Wildman–Crippen MR) is 91.0 cm³/mol. The third-order valence-corrected chi connectivity index (χ3v) is 4.27. The van der Waals surface area contributed by atoms with E-state index in [1.807, 2.05) is 6.92 Å². The number of hydrogen-bond acceptors (Lipinski definition) is 6. The lowest BCUT2D eigenvalue weighted by Crippen LogP contribution is -2.43. The van der Waals surface area contributed by atoms with Crippen LogP contribution in [0, 0.1) is 13.8 Å². The summed E-state index contributed by atoms with van der Waals surface area (Å²) in [5, 5.41) is 14.7. The molecule has 0 unspecified atom stereocenters. The summed E-state index contributed by atoms with van der Waals surface area (Å²) in [6.45, 7) is 11.6. The highest BCUT2D eigenvalue weighted by atomic mass is 16.4. The van der Waals surface area contributed by atoms with Crippen LogP contribution in [0.25, 0.3) is 0 Å². The van der Waals surface area contributed by atoms with Gasteiger partial charge in [-0.1, -0.05) is 18.1 Å². The van der Waals surface area contributed by atoms with E-state index in [1.54, 1.807) is 0 Å². The number of piperazine rings is 1. The highest BCUT2D eigenvalue weighted by molar-refractivity contribution is 5.61. The van der Waals surface area contributed by atoms with Crippen molar-refractivity contribution in [2.45, 2.75) is 33.7 Å². The lowest BCUT2D eigenvalue weighted by molar-refractivity contribution is 0.233. The van der Waals surface area contributed by atoms with Crippen LogP contribution in [0.5, 0.6) is 0 Å². The Labute approximate surface area is 137 Å². The van der Waals surface area contributed by atoms with Gasteiger partial charge in [0.25, 0.3) is 0 Å². The minimum Gasteiger partial charge on any atom is -0.408 e. The summed E-state index contributed by atoms with van der Waals surface area (Å²) >= 11 is 0. The second-order valence-corrected chi connectivity index (χ2v) is 6.10. The van der Waals surface area contributed by atoms with Crippen LogP contribution in [0.4, 0.5) is 11.7 Å². The Kier molecular flexibility index (Phi) is 4.93. The zero-order chi connectivity index (χ0) is 16.2. The Balaban J connectivity index is 1.79. The van der Waals surface area contributed by atoms with Gasteiger partial charge in [0.15, 0.2) is 0 Å². The third-order valence-electron chi connectivity index (χ3n) is 4.27.